The summed E-state index contributed by atoms with van der Waals surface area (Å²) in [6.45, 7) is 0. The molecule has 9 aromatic rings. The highest BCUT2D eigenvalue weighted by Gasteiger charge is 2.22. The molecule has 0 unspecified atom stereocenters. The van der Waals surface area contributed by atoms with Crippen LogP contribution in [0.2, 0.25) is 0 Å². The fraction of sp³-hybridized carbons (Fsp3) is 0. The van der Waals surface area contributed by atoms with Crippen LogP contribution in [0.4, 0.5) is 26.3 Å². The zero-order valence-corrected chi connectivity index (χ0v) is 27.1. The van der Waals surface area contributed by atoms with Crippen molar-refractivity contribution in [2.45, 2.75) is 0 Å². The summed E-state index contributed by atoms with van der Waals surface area (Å²) in [5, 5.41) is 7.03. The van der Waals surface area contributed by atoms with Crippen LogP contribution >= 0.6 is 0 Å². The summed E-state index contributed by atoms with van der Waals surface area (Å²) in [4.78, 5) is 0. The number of halogens is 6. The van der Waals surface area contributed by atoms with Gasteiger partial charge in [0.05, 0.1) is 0 Å². The van der Waals surface area contributed by atoms with E-state index in [4.69, 9.17) is 0 Å². The Balaban J connectivity index is 1.48. The molecule has 0 atom stereocenters. The largest absolute Gasteiger partial charge is 0.204 e. The maximum absolute atomic E-state index is 14.6. The predicted molar refractivity (Wildman–Crippen MR) is 198 cm³/mol. The van der Waals surface area contributed by atoms with Gasteiger partial charge in [0.15, 0.2) is 34.9 Å². The molecule has 0 spiro atoms. The highest BCUT2D eigenvalue weighted by Crippen LogP contribution is 2.48. The van der Waals surface area contributed by atoms with Gasteiger partial charge in [0.25, 0.3) is 0 Å². The van der Waals surface area contributed by atoms with Crippen LogP contribution in [0.5, 0.6) is 0 Å². The lowest BCUT2D eigenvalue weighted by Crippen LogP contribution is -1.95. The normalized spacial score (nSPS) is 11.7. The molecule has 0 aliphatic heterocycles. The highest BCUT2D eigenvalue weighted by molar-refractivity contribution is 6.26. The summed E-state index contributed by atoms with van der Waals surface area (Å²) in [5.41, 5.74) is 4.70. The van der Waals surface area contributed by atoms with Crippen LogP contribution in [0.1, 0.15) is 0 Å². The minimum atomic E-state index is -1.54. The highest BCUT2D eigenvalue weighted by atomic mass is 19.2. The second kappa shape index (κ2) is 12.1. The van der Waals surface area contributed by atoms with E-state index in [0.29, 0.717) is 11.1 Å². The maximum atomic E-state index is 14.6. The van der Waals surface area contributed by atoms with Crippen molar-refractivity contribution in [3.63, 3.8) is 0 Å². The van der Waals surface area contributed by atoms with Gasteiger partial charge in [-0.1, -0.05) is 109 Å². The van der Waals surface area contributed by atoms with E-state index in [2.05, 4.69) is 0 Å². The van der Waals surface area contributed by atoms with Gasteiger partial charge in [-0.05, 0) is 124 Å². The van der Waals surface area contributed by atoms with Crippen molar-refractivity contribution in [1.82, 2.24) is 0 Å². The topological polar surface area (TPSA) is 0 Å². The lowest BCUT2D eigenvalue weighted by Gasteiger charge is -2.21. The summed E-state index contributed by atoms with van der Waals surface area (Å²) < 4.78 is 86.4. The molecule has 0 fully saturated rings. The Labute approximate surface area is 293 Å². The maximum Gasteiger partial charge on any atom is 0.194 e. The van der Waals surface area contributed by atoms with E-state index in [9.17, 15) is 26.3 Å². The molecule has 0 radical (unpaired) electrons. The van der Waals surface area contributed by atoms with Crippen LogP contribution < -0.4 is 0 Å². The van der Waals surface area contributed by atoms with Gasteiger partial charge in [-0.2, -0.15) is 0 Å². The van der Waals surface area contributed by atoms with Crippen LogP contribution in [-0.4, -0.2) is 0 Å². The van der Waals surface area contributed by atoms with Gasteiger partial charge < -0.3 is 0 Å². The molecule has 52 heavy (non-hydrogen) atoms. The quantitative estimate of drug-likeness (QED) is 0.0980. The van der Waals surface area contributed by atoms with Gasteiger partial charge in [0, 0.05) is 0 Å². The first-order valence-corrected chi connectivity index (χ1v) is 16.6. The summed E-state index contributed by atoms with van der Waals surface area (Å²) in [5.74, 6) is -8.24. The van der Waals surface area contributed by atoms with Crippen LogP contribution in [0, 0.1) is 34.9 Å². The van der Waals surface area contributed by atoms with Crippen molar-refractivity contribution in [1.29, 1.82) is 0 Å². The molecule has 0 amide bonds. The summed E-state index contributed by atoms with van der Waals surface area (Å²) >= 11 is 0. The molecule has 0 N–H and O–H groups in total. The third-order valence-corrected chi connectivity index (χ3v) is 9.87. The molecular formula is C46H24F6. The van der Waals surface area contributed by atoms with E-state index in [0.717, 1.165) is 89.6 Å². The van der Waals surface area contributed by atoms with Gasteiger partial charge in [0.2, 0.25) is 0 Å². The summed E-state index contributed by atoms with van der Waals surface area (Å²) in [6, 6.07) is 42.8. The van der Waals surface area contributed by atoms with Crippen LogP contribution in [0.3, 0.4) is 0 Å². The smallest absolute Gasteiger partial charge is 0.194 e. The Bertz CT molecular complexity index is 2670. The molecule has 0 nitrogen and oxygen atoms in total. The van der Waals surface area contributed by atoms with Gasteiger partial charge >= 0.3 is 0 Å². The lowest BCUT2D eigenvalue weighted by atomic mass is 9.82. The zero-order chi connectivity index (χ0) is 35.7. The standard InChI is InChI=1S/C46H24F6/c47-39-21-29(22-40(48)45(39)51)27-16-18-36-37(19-27)43(33-13-5-9-25-7-1-3-11-31(25)33)35-17-15-28(30-23-41(49)46(52)42(50)24-30)20-38(35)44(36)34-14-6-10-26-8-2-4-12-32(26)34/h1-24H. The SMILES string of the molecule is Fc1cc(-c2ccc3c(-c4cccc5ccccc45)c4cc(-c5cc(F)c(F)c(F)c5)ccc4c(-c4cccc5ccccc45)c3c2)cc(F)c1F. The third-order valence-electron chi connectivity index (χ3n) is 9.87. The molecule has 6 heteroatoms. The van der Waals surface area contributed by atoms with Gasteiger partial charge in [-0.15, -0.1) is 0 Å². The van der Waals surface area contributed by atoms with Gasteiger partial charge in [0.1, 0.15) is 0 Å². The first-order chi connectivity index (χ1) is 25.3. The van der Waals surface area contributed by atoms with E-state index in [-0.39, 0.29) is 11.1 Å². The van der Waals surface area contributed by atoms with E-state index in [1.54, 1.807) is 12.1 Å². The molecule has 9 aromatic carbocycles. The molecule has 0 aliphatic carbocycles. The molecule has 9 rings (SSSR count). The molecule has 250 valence electrons. The van der Waals surface area contributed by atoms with E-state index < -0.39 is 34.9 Å². The predicted octanol–water partition coefficient (Wildman–Crippen LogP) is 13.8. The Morgan fingerprint density at radius 3 is 1.04 bits per heavy atom. The van der Waals surface area contributed by atoms with E-state index in [1.165, 1.54) is 0 Å². The average Bonchev–Trinajstić information content (AvgIpc) is 3.17. The molecule has 0 bridgehead atoms. The van der Waals surface area contributed by atoms with E-state index >= 15 is 0 Å². The second-order valence-corrected chi connectivity index (χ2v) is 12.8. The van der Waals surface area contributed by atoms with Crippen LogP contribution in [0.25, 0.3) is 87.6 Å². The number of fused-ring (bicyclic) bond motifs is 4. The Hall–Kier alpha value is -6.40. The van der Waals surface area contributed by atoms with Crippen LogP contribution in [-0.2, 0) is 0 Å². The van der Waals surface area contributed by atoms with Crippen molar-refractivity contribution in [3.8, 4) is 44.5 Å². The third kappa shape index (κ3) is 5.02. The summed E-state index contributed by atoms with van der Waals surface area (Å²) in [6.07, 6.45) is 0. The Morgan fingerprint density at radius 1 is 0.269 bits per heavy atom. The molecule has 0 heterocycles. The van der Waals surface area contributed by atoms with Crippen molar-refractivity contribution in [2.75, 3.05) is 0 Å². The van der Waals surface area contributed by atoms with Crippen molar-refractivity contribution in [3.05, 3.63) is 180 Å². The number of hydrogen-bond donors (Lipinski definition) is 0. The first kappa shape index (κ1) is 31.6. The first-order valence-electron chi connectivity index (χ1n) is 16.6. The fourth-order valence-electron chi connectivity index (χ4n) is 7.50. The number of benzene rings is 9. The number of rotatable bonds is 4. The monoisotopic (exact) mass is 690 g/mol. The van der Waals surface area contributed by atoms with Crippen molar-refractivity contribution >= 4 is 43.1 Å². The molecule has 0 aliphatic rings. The lowest BCUT2D eigenvalue weighted by molar-refractivity contribution is 0.447. The molecule has 0 saturated heterocycles. The van der Waals surface area contributed by atoms with Crippen molar-refractivity contribution in [2.24, 2.45) is 0 Å². The Morgan fingerprint density at radius 2 is 0.635 bits per heavy atom. The van der Waals surface area contributed by atoms with Gasteiger partial charge in [-0.3, -0.25) is 0 Å². The molecule has 0 aromatic heterocycles. The van der Waals surface area contributed by atoms with Gasteiger partial charge in [-0.25, -0.2) is 26.3 Å². The minimum absolute atomic E-state index is 0.171. The van der Waals surface area contributed by atoms with Crippen molar-refractivity contribution < 1.29 is 26.3 Å². The van der Waals surface area contributed by atoms with Crippen LogP contribution in [0.15, 0.2) is 146 Å². The molecule has 0 saturated carbocycles. The second-order valence-electron chi connectivity index (χ2n) is 12.8. The Kier molecular flexibility index (Phi) is 7.37. The fourth-order valence-corrected chi connectivity index (χ4v) is 7.50. The average molecular weight is 691 g/mol. The van der Waals surface area contributed by atoms with E-state index in [1.807, 2.05) is 109 Å². The molecular weight excluding hydrogens is 666 g/mol. The zero-order valence-electron chi connectivity index (χ0n) is 27.1. The number of hydrogen-bond acceptors (Lipinski definition) is 0. The summed E-state index contributed by atoms with van der Waals surface area (Å²) in [7, 11) is 0. The minimum Gasteiger partial charge on any atom is -0.204 e.